The molecule has 2 rings (SSSR count). The molecule has 0 aliphatic carbocycles. The summed E-state index contributed by atoms with van der Waals surface area (Å²) in [7, 11) is 4.73. The van der Waals surface area contributed by atoms with E-state index in [1.807, 2.05) is 18.2 Å². The number of nitrogens with zero attached hydrogens (tertiary/aromatic N) is 1. The molecule has 0 bridgehead atoms. The van der Waals surface area contributed by atoms with Crippen molar-refractivity contribution in [2.45, 2.75) is 6.54 Å². The summed E-state index contributed by atoms with van der Waals surface area (Å²) < 4.78 is 21.2. The van der Waals surface area contributed by atoms with Gasteiger partial charge in [0.15, 0.2) is 23.0 Å². The minimum absolute atomic E-state index is 0.108. The van der Waals surface area contributed by atoms with Gasteiger partial charge in [-0.25, -0.2) is 0 Å². The predicted octanol–water partition coefficient (Wildman–Crippen LogP) is 3.50. The van der Waals surface area contributed by atoms with Crippen LogP contribution in [0.2, 0.25) is 5.02 Å². The van der Waals surface area contributed by atoms with Gasteiger partial charge in [-0.2, -0.15) is 5.10 Å². The van der Waals surface area contributed by atoms with Crippen molar-refractivity contribution in [3.8, 4) is 35.3 Å². The second-order valence-electron chi connectivity index (χ2n) is 5.31. The molecule has 7 heteroatoms. The van der Waals surface area contributed by atoms with E-state index in [1.165, 1.54) is 7.11 Å². The topological polar surface area (TPSA) is 61.3 Å². The number of nitrogens with one attached hydrogen (secondary N) is 1. The van der Waals surface area contributed by atoms with Crippen LogP contribution in [0.15, 0.2) is 35.4 Å². The fourth-order valence-electron chi connectivity index (χ4n) is 2.32. The van der Waals surface area contributed by atoms with Gasteiger partial charge in [-0.1, -0.05) is 23.6 Å². The Morgan fingerprint density at radius 1 is 1.07 bits per heavy atom. The number of halogens is 1. The Balaban J connectivity index is 2.04. The van der Waals surface area contributed by atoms with Gasteiger partial charge >= 0.3 is 0 Å². The van der Waals surface area contributed by atoms with Crippen LogP contribution in [0.4, 0.5) is 0 Å². The number of methoxy groups -OCH3 is 3. The van der Waals surface area contributed by atoms with Gasteiger partial charge in [-0.15, -0.1) is 6.42 Å². The van der Waals surface area contributed by atoms with E-state index in [9.17, 15) is 0 Å². The zero-order valence-electron chi connectivity index (χ0n) is 15.4. The molecule has 27 heavy (non-hydrogen) atoms. The van der Waals surface area contributed by atoms with Crippen molar-refractivity contribution in [3.05, 3.63) is 46.5 Å². The first-order chi connectivity index (χ1) is 13.1. The van der Waals surface area contributed by atoms with E-state index in [1.54, 1.807) is 32.6 Å². The van der Waals surface area contributed by atoms with Crippen LogP contribution in [0.25, 0.3) is 0 Å². The SMILES string of the molecule is C#CCOc1c(Cl)cc(/C=N\NCc2ccc(OC)c(OC)c2)cc1OC. The maximum absolute atomic E-state index is 6.24. The molecule has 0 heterocycles. The highest BCUT2D eigenvalue weighted by Crippen LogP contribution is 2.36. The normalized spacial score (nSPS) is 10.3. The Morgan fingerprint density at radius 2 is 1.81 bits per heavy atom. The molecule has 0 saturated heterocycles. The minimum atomic E-state index is 0.108. The third-order valence-corrected chi connectivity index (χ3v) is 3.87. The molecular weight excluding hydrogens is 368 g/mol. The molecule has 0 aliphatic heterocycles. The zero-order chi connectivity index (χ0) is 19.6. The van der Waals surface area contributed by atoms with Gasteiger partial charge in [0.25, 0.3) is 0 Å². The minimum Gasteiger partial charge on any atom is -0.493 e. The summed E-state index contributed by atoms with van der Waals surface area (Å²) in [6.45, 7) is 0.626. The second kappa shape index (κ2) is 10.2. The number of hydrogen-bond acceptors (Lipinski definition) is 6. The van der Waals surface area contributed by atoms with E-state index in [0.29, 0.717) is 34.6 Å². The molecule has 0 atom stereocenters. The molecular formula is C20H21ClN2O4. The number of rotatable bonds is 9. The van der Waals surface area contributed by atoms with E-state index < -0.39 is 0 Å². The largest absolute Gasteiger partial charge is 0.493 e. The molecule has 0 aliphatic rings. The van der Waals surface area contributed by atoms with Crippen LogP contribution in [-0.4, -0.2) is 34.2 Å². The fourth-order valence-corrected chi connectivity index (χ4v) is 2.59. The molecule has 0 radical (unpaired) electrons. The molecule has 2 aromatic carbocycles. The molecule has 6 nitrogen and oxygen atoms in total. The van der Waals surface area contributed by atoms with Crippen LogP contribution >= 0.6 is 11.6 Å². The van der Waals surface area contributed by atoms with Crippen molar-refractivity contribution in [1.82, 2.24) is 5.43 Å². The predicted molar refractivity (Wildman–Crippen MR) is 106 cm³/mol. The van der Waals surface area contributed by atoms with Gasteiger partial charge < -0.3 is 24.4 Å². The lowest BCUT2D eigenvalue weighted by Gasteiger charge is -2.11. The van der Waals surface area contributed by atoms with Crippen molar-refractivity contribution < 1.29 is 18.9 Å². The Labute approximate surface area is 164 Å². The lowest BCUT2D eigenvalue weighted by atomic mass is 10.2. The van der Waals surface area contributed by atoms with Crippen LogP contribution in [-0.2, 0) is 6.54 Å². The summed E-state index contributed by atoms with van der Waals surface area (Å²) in [5, 5.41) is 4.60. The maximum atomic E-state index is 6.24. The monoisotopic (exact) mass is 388 g/mol. The van der Waals surface area contributed by atoms with Crippen molar-refractivity contribution in [3.63, 3.8) is 0 Å². The van der Waals surface area contributed by atoms with Gasteiger partial charge in [0.2, 0.25) is 0 Å². The maximum Gasteiger partial charge on any atom is 0.181 e. The number of ether oxygens (including phenoxy) is 4. The van der Waals surface area contributed by atoms with Crippen molar-refractivity contribution >= 4 is 17.8 Å². The number of benzene rings is 2. The highest BCUT2D eigenvalue weighted by molar-refractivity contribution is 6.32. The first-order valence-corrected chi connectivity index (χ1v) is 8.41. The number of hydrogen-bond donors (Lipinski definition) is 1. The van der Waals surface area contributed by atoms with Crippen LogP contribution in [0.1, 0.15) is 11.1 Å². The summed E-state index contributed by atoms with van der Waals surface area (Å²) in [4.78, 5) is 0. The summed E-state index contributed by atoms with van der Waals surface area (Å²) in [6.07, 6.45) is 6.85. The van der Waals surface area contributed by atoms with Gasteiger partial charge in [0, 0.05) is 0 Å². The van der Waals surface area contributed by atoms with E-state index >= 15 is 0 Å². The second-order valence-corrected chi connectivity index (χ2v) is 5.72. The molecule has 0 fully saturated rings. The van der Waals surface area contributed by atoms with Crippen molar-refractivity contribution in [2.24, 2.45) is 5.10 Å². The standard InChI is InChI=1S/C20H21ClN2O4/c1-5-8-27-20-16(21)9-15(11-19(20)26-4)13-23-22-12-14-6-7-17(24-2)18(10-14)25-3/h1,6-7,9-11,13,22H,8,12H2,2-4H3/b23-13-. The van der Waals surface area contributed by atoms with Gasteiger partial charge in [0.05, 0.1) is 39.1 Å². The fraction of sp³-hybridized carbons (Fsp3) is 0.250. The first-order valence-electron chi connectivity index (χ1n) is 8.03. The van der Waals surface area contributed by atoms with E-state index in [0.717, 1.165) is 11.1 Å². The molecule has 0 aromatic heterocycles. The molecule has 0 spiro atoms. The molecule has 0 unspecified atom stereocenters. The van der Waals surface area contributed by atoms with E-state index in [-0.39, 0.29) is 6.61 Å². The molecule has 2 aromatic rings. The highest BCUT2D eigenvalue weighted by atomic mass is 35.5. The van der Waals surface area contributed by atoms with Crippen molar-refractivity contribution in [1.29, 1.82) is 0 Å². The Morgan fingerprint density at radius 3 is 2.48 bits per heavy atom. The zero-order valence-corrected chi connectivity index (χ0v) is 16.2. The molecule has 0 amide bonds. The Kier molecular flexibility index (Phi) is 7.65. The van der Waals surface area contributed by atoms with E-state index in [4.69, 9.17) is 37.0 Å². The number of hydrazone groups is 1. The quantitative estimate of drug-likeness (QED) is 0.404. The summed E-state index contributed by atoms with van der Waals surface area (Å²) in [6, 6.07) is 9.15. The van der Waals surface area contributed by atoms with Crippen molar-refractivity contribution in [2.75, 3.05) is 27.9 Å². The smallest absolute Gasteiger partial charge is 0.181 e. The molecule has 1 N–H and O–H groups in total. The molecule has 142 valence electrons. The third-order valence-electron chi connectivity index (χ3n) is 3.59. The van der Waals surface area contributed by atoms with Gasteiger partial charge in [-0.05, 0) is 35.4 Å². The highest BCUT2D eigenvalue weighted by Gasteiger charge is 2.11. The first kappa shape index (κ1) is 20.3. The van der Waals surface area contributed by atoms with E-state index in [2.05, 4.69) is 16.4 Å². The average Bonchev–Trinajstić information content (AvgIpc) is 2.69. The lowest BCUT2D eigenvalue weighted by Crippen LogP contribution is -2.06. The number of terminal acetylenes is 1. The van der Waals surface area contributed by atoms with Gasteiger partial charge in [0.1, 0.15) is 6.61 Å². The van der Waals surface area contributed by atoms with Crippen LogP contribution < -0.4 is 24.4 Å². The Bertz CT molecular complexity index is 847. The summed E-state index contributed by atoms with van der Waals surface area (Å²) >= 11 is 6.24. The lowest BCUT2D eigenvalue weighted by molar-refractivity contribution is 0.331. The summed E-state index contributed by atoms with van der Waals surface area (Å²) in [5.41, 5.74) is 4.73. The van der Waals surface area contributed by atoms with Gasteiger partial charge in [-0.3, -0.25) is 0 Å². The van der Waals surface area contributed by atoms with Crippen LogP contribution in [0.5, 0.6) is 23.0 Å². The Hall–Kier alpha value is -3.04. The average molecular weight is 389 g/mol. The third kappa shape index (κ3) is 5.47. The van der Waals surface area contributed by atoms with Crippen LogP contribution in [0, 0.1) is 12.3 Å². The molecule has 0 saturated carbocycles. The van der Waals surface area contributed by atoms with Crippen LogP contribution in [0.3, 0.4) is 0 Å². The summed E-state index contributed by atoms with van der Waals surface area (Å²) in [5.74, 6) is 4.63.